The third-order valence-electron chi connectivity index (χ3n) is 2.88. The molecular weight excluding hydrogens is 180 g/mol. The van der Waals surface area contributed by atoms with Gasteiger partial charge in [0, 0.05) is 26.2 Å². The van der Waals surface area contributed by atoms with Crippen LogP contribution in [0.4, 0.5) is 0 Å². The van der Waals surface area contributed by atoms with Crippen molar-refractivity contribution >= 4 is 0 Å². The van der Waals surface area contributed by atoms with Crippen LogP contribution in [0.3, 0.4) is 0 Å². The summed E-state index contributed by atoms with van der Waals surface area (Å²) in [6, 6.07) is 0. The fourth-order valence-corrected chi connectivity index (χ4v) is 1.94. The summed E-state index contributed by atoms with van der Waals surface area (Å²) in [5, 5.41) is 3.30. The monoisotopic (exact) mass is 200 g/mol. The van der Waals surface area contributed by atoms with E-state index in [9.17, 15) is 0 Å². The molecule has 0 spiro atoms. The Morgan fingerprint density at radius 2 is 2.21 bits per heavy atom. The quantitative estimate of drug-likeness (QED) is 0.675. The van der Waals surface area contributed by atoms with Gasteiger partial charge in [0.25, 0.3) is 0 Å². The van der Waals surface area contributed by atoms with Crippen LogP contribution in [0.5, 0.6) is 0 Å². The molecular formula is C10H20N2O2. The van der Waals surface area contributed by atoms with E-state index < -0.39 is 0 Å². The maximum Gasteiger partial charge on any atom is 0.0712 e. The van der Waals surface area contributed by atoms with Gasteiger partial charge in [-0.05, 0) is 13.0 Å². The molecule has 82 valence electrons. The highest BCUT2D eigenvalue weighted by atomic mass is 16.5. The van der Waals surface area contributed by atoms with E-state index >= 15 is 0 Å². The highest BCUT2D eigenvalue weighted by molar-refractivity contribution is 4.71. The van der Waals surface area contributed by atoms with E-state index in [1.165, 1.54) is 6.42 Å². The number of nitrogens with zero attached hydrogens (tertiary/aromatic N) is 1. The minimum absolute atomic E-state index is 0.455. The zero-order valence-corrected chi connectivity index (χ0v) is 8.71. The van der Waals surface area contributed by atoms with Crippen molar-refractivity contribution in [2.24, 2.45) is 0 Å². The van der Waals surface area contributed by atoms with E-state index in [2.05, 4.69) is 10.2 Å². The van der Waals surface area contributed by atoms with Crippen molar-refractivity contribution in [1.29, 1.82) is 0 Å². The van der Waals surface area contributed by atoms with E-state index in [1.54, 1.807) is 0 Å². The van der Waals surface area contributed by atoms with Crippen molar-refractivity contribution in [3.63, 3.8) is 0 Å². The summed E-state index contributed by atoms with van der Waals surface area (Å²) in [6.07, 6.45) is 1.62. The van der Waals surface area contributed by atoms with Gasteiger partial charge < -0.3 is 14.8 Å². The summed E-state index contributed by atoms with van der Waals surface area (Å²) in [4.78, 5) is 2.41. The fraction of sp³-hybridized carbons (Fsp3) is 1.00. The maximum absolute atomic E-state index is 5.76. The van der Waals surface area contributed by atoms with Crippen LogP contribution < -0.4 is 5.32 Å². The van der Waals surface area contributed by atoms with E-state index in [4.69, 9.17) is 9.47 Å². The largest absolute Gasteiger partial charge is 0.379 e. The molecule has 1 unspecified atom stereocenters. The first kappa shape index (κ1) is 10.4. The van der Waals surface area contributed by atoms with Crippen LogP contribution in [0.2, 0.25) is 0 Å². The van der Waals surface area contributed by atoms with Crippen molar-refractivity contribution < 1.29 is 9.47 Å². The highest BCUT2D eigenvalue weighted by Crippen LogP contribution is 2.03. The van der Waals surface area contributed by atoms with Crippen LogP contribution in [0, 0.1) is 0 Å². The normalized spacial score (nSPS) is 29.6. The number of morpholine rings is 1. The second-order valence-corrected chi connectivity index (χ2v) is 3.94. The molecule has 4 heteroatoms. The van der Waals surface area contributed by atoms with Crippen LogP contribution in [0.15, 0.2) is 0 Å². The zero-order valence-electron chi connectivity index (χ0n) is 8.71. The molecule has 0 radical (unpaired) electrons. The van der Waals surface area contributed by atoms with E-state index in [0.29, 0.717) is 6.10 Å². The van der Waals surface area contributed by atoms with Crippen molar-refractivity contribution in [2.45, 2.75) is 12.5 Å². The Kier molecular flexibility index (Phi) is 4.19. The molecule has 0 aromatic rings. The minimum atomic E-state index is 0.455. The third-order valence-corrected chi connectivity index (χ3v) is 2.88. The van der Waals surface area contributed by atoms with E-state index in [1.807, 2.05) is 0 Å². The first-order valence-electron chi connectivity index (χ1n) is 5.57. The van der Waals surface area contributed by atoms with Gasteiger partial charge in [0.1, 0.15) is 0 Å². The fourth-order valence-electron chi connectivity index (χ4n) is 1.94. The lowest BCUT2D eigenvalue weighted by atomic mass is 10.3. The summed E-state index contributed by atoms with van der Waals surface area (Å²) in [7, 11) is 0. The Balaban J connectivity index is 1.52. The van der Waals surface area contributed by atoms with Gasteiger partial charge in [0.2, 0.25) is 0 Å². The summed E-state index contributed by atoms with van der Waals surface area (Å²) < 4.78 is 11.0. The third kappa shape index (κ3) is 3.20. The van der Waals surface area contributed by atoms with Crippen LogP contribution in [-0.2, 0) is 9.47 Å². The van der Waals surface area contributed by atoms with Crippen molar-refractivity contribution in [3.05, 3.63) is 0 Å². The SMILES string of the molecule is C1CC(OCCN2CCOCC2)CN1. The Morgan fingerprint density at radius 1 is 1.36 bits per heavy atom. The molecule has 0 bridgehead atoms. The molecule has 2 rings (SSSR count). The predicted molar refractivity (Wildman–Crippen MR) is 54.5 cm³/mol. The molecule has 14 heavy (non-hydrogen) atoms. The lowest BCUT2D eigenvalue weighted by molar-refractivity contribution is 0.00638. The summed E-state index contributed by atoms with van der Waals surface area (Å²) in [6.45, 7) is 7.95. The Morgan fingerprint density at radius 3 is 2.93 bits per heavy atom. The van der Waals surface area contributed by atoms with Crippen LogP contribution in [0.25, 0.3) is 0 Å². The molecule has 2 fully saturated rings. The topological polar surface area (TPSA) is 33.7 Å². The van der Waals surface area contributed by atoms with Crippen LogP contribution in [-0.4, -0.2) is 63.5 Å². The highest BCUT2D eigenvalue weighted by Gasteiger charge is 2.15. The van der Waals surface area contributed by atoms with Crippen molar-refractivity contribution in [1.82, 2.24) is 10.2 Å². The van der Waals surface area contributed by atoms with Gasteiger partial charge in [0.15, 0.2) is 0 Å². The zero-order chi connectivity index (χ0) is 9.64. The molecule has 4 nitrogen and oxygen atoms in total. The molecule has 0 saturated carbocycles. The molecule has 1 N–H and O–H groups in total. The number of hydrogen-bond donors (Lipinski definition) is 1. The molecule has 0 amide bonds. The Hall–Kier alpha value is -0.160. The average molecular weight is 200 g/mol. The number of nitrogens with one attached hydrogen (secondary N) is 1. The van der Waals surface area contributed by atoms with Gasteiger partial charge in [0.05, 0.1) is 25.9 Å². The number of ether oxygens (including phenoxy) is 2. The summed E-state index contributed by atoms with van der Waals surface area (Å²) in [5.74, 6) is 0. The molecule has 2 aliphatic rings. The predicted octanol–water partition coefficient (Wildman–Crippen LogP) is -0.303. The Bertz CT molecular complexity index is 154. The first-order chi connectivity index (χ1) is 6.95. The molecule has 0 aromatic heterocycles. The number of hydrogen-bond acceptors (Lipinski definition) is 4. The van der Waals surface area contributed by atoms with Crippen LogP contribution >= 0.6 is 0 Å². The molecule has 2 saturated heterocycles. The van der Waals surface area contributed by atoms with Crippen molar-refractivity contribution in [3.8, 4) is 0 Å². The minimum Gasteiger partial charge on any atom is -0.379 e. The molecule has 2 aliphatic heterocycles. The lowest BCUT2D eigenvalue weighted by Crippen LogP contribution is -2.38. The van der Waals surface area contributed by atoms with Gasteiger partial charge in [-0.15, -0.1) is 0 Å². The molecule has 0 aliphatic carbocycles. The Labute approximate surface area is 85.5 Å². The molecule has 1 atom stereocenters. The maximum atomic E-state index is 5.76. The lowest BCUT2D eigenvalue weighted by Gasteiger charge is -2.26. The standard InChI is InChI=1S/C10H20N2O2/c1-2-11-9-10(1)14-8-5-12-3-6-13-7-4-12/h10-11H,1-9H2. The molecule has 0 aromatic carbocycles. The second kappa shape index (κ2) is 5.66. The van der Waals surface area contributed by atoms with Gasteiger partial charge in [-0.3, -0.25) is 4.90 Å². The van der Waals surface area contributed by atoms with Gasteiger partial charge in [-0.2, -0.15) is 0 Å². The first-order valence-corrected chi connectivity index (χ1v) is 5.57. The average Bonchev–Trinajstić information content (AvgIpc) is 2.72. The van der Waals surface area contributed by atoms with Crippen molar-refractivity contribution in [2.75, 3.05) is 52.5 Å². The number of rotatable bonds is 4. The van der Waals surface area contributed by atoms with Gasteiger partial charge in [-0.1, -0.05) is 0 Å². The van der Waals surface area contributed by atoms with E-state index in [-0.39, 0.29) is 0 Å². The summed E-state index contributed by atoms with van der Waals surface area (Å²) >= 11 is 0. The molecule has 2 heterocycles. The van der Waals surface area contributed by atoms with Crippen LogP contribution in [0.1, 0.15) is 6.42 Å². The summed E-state index contributed by atoms with van der Waals surface area (Å²) in [5.41, 5.74) is 0. The van der Waals surface area contributed by atoms with Gasteiger partial charge in [-0.25, -0.2) is 0 Å². The van der Waals surface area contributed by atoms with Gasteiger partial charge >= 0.3 is 0 Å². The second-order valence-electron chi connectivity index (χ2n) is 3.94. The smallest absolute Gasteiger partial charge is 0.0712 e. The van der Waals surface area contributed by atoms with E-state index in [0.717, 1.165) is 52.5 Å².